The van der Waals surface area contributed by atoms with Crippen LogP contribution in [0.4, 0.5) is 5.69 Å². The molecule has 0 heterocycles. The molecule has 0 aliphatic heterocycles. The number of phenolic OH excluding ortho intramolecular Hbond substituents is 1. The first kappa shape index (κ1) is 21.2. The standard InChI is InChI=1S/C20H19ClN2O8/c1-19(30)6-2-5-3-8(24)12(18(23)29)17(28)20(5,31)16(27)10(6)15(26)11-9(25)4-7(21)14(22)13(11)19/h4-6,25-26,28,30-31H,2-3,22H2,1H3,(H2,23,29)/t5-,6-,19?,20-/m0/s1. The van der Waals surface area contributed by atoms with Crippen LogP contribution in [0, 0.1) is 11.8 Å². The van der Waals surface area contributed by atoms with Crippen molar-refractivity contribution < 1.29 is 39.9 Å². The van der Waals surface area contributed by atoms with Crippen molar-refractivity contribution in [1.29, 1.82) is 0 Å². The normalized spacial score (nSPS) is 32.5. The third-order valence-electron chi connectivity index (χ3n) is 6.58. The van der Waals surface area contributed by atoms with Gasteiger partial charge in [0, 0.05) is 35.5 Å². The quantitative estimate of drug-likeness (QED) is 0.178. The maximum absolute atomic E-state index is 13.4. The molecule has 3 aliphatic carbocycles. The molecule has 1 amide bonds. The highest BCUT2D eigenvalue weighted by atomic mass is 35.5. The van der Waals surface area contributed by atoms with Crippen molar-refractivity contribution in [2.45, 2.75) is 31.0 Å². The molecule has 164 valence electrons. The van der Waals surface area contributed by atoms with Gasteiger partial charge in [-0.1, -0.05) is 11.6 Å². The van der Waals surface area contributed by atoms with E-state index in [2.05, 4.69) is 0 Å². The van der Waals surface area contributed by atoms with Crippen molar-refractivity contribution in [3.05, 3.63) is 39.1 Å². The number of aliphatic hydroxyl groups is 4. The Balaban J connectivity index is 2.04. The molecule has 0 radical (unpaired) electrons. The fourth-order valence-electron chi connectivity index (χ4n) is 5.07. The number of ketones is 2. The Morgan fingerprint density at radius 3 is 2.42 bits per heavy atom. The summed E-state index contributed by atoms with van der Waals surface area (Å²) in [4.78, 5) is 37.4. The Bertz CT molecular complexity index is 1170. The fraction of sp³-hybridized carbons (Fsp3) is 0.350. The Labute approximate surface area is 180 Å². The van der Waals surface area contributed by atoms with Crippen LogP contribution < -0.4 is 11.5 Å². The van der Waals surface area contributed by atoms with Gasteiger partial charge in [-0.2, -0.15) is 0 Å². The zero-order valence-electron chi connectivity index (χ0n) is 16.1. The van der Waals surface area contributed by atoms with Crippen molar-refractivity contribution in [3.8, 4) is 5.75 Å². The Kier molecular flexibility index (Phi) is 4.25. The van der Waals surface area contributed by atoms with E-state index in [1.165, 1.54) is 6.92 Å². The lowest BCUT2D eigenvalue weighted by Crippen LogP contribution is -2.60. The number of aliphatic hydroxyl groups excluding tert-OH is 2. The number of anilines is 1. The molecule has 3 aliphatic rings. The lowest BCUT2D eigenvalue weighted by atomic mass is 9.55. The molecule has 0 spiro atoms. The third-order valence-corrected chi connectivity index (χ3v) is 6.89. The van der Waals surface area contributed by atoms with Crippen LogP contribution in [0.2, 0.25) is 5.02 Å². The first-order valence-electron chi connectivity index (χ1n) is 9.27. The van der Waals surface area contributed by atoms with Crippen LogP contribution in [0.5, 0.6) is 5.75 Å². The Hall–Kier alpha value is -3.08. The molecular formula is C20H19ClN2O8. The van der Waals surface area contributed by atoms with Crippen LogP contribution in [0.3, 0.4) is 0 Å². The second kappa shape index (κ2) is 6.22. The van der Waals surface area contributed by atoms with Crippen molar-refractivity contribution in [1.82, 2.24) is 0 Å². The van der Waals surface area contributed by atoms with Crippen LogP contribution in [0.25, 0.3) is 5.76 Å². The van der Waals surface area contributed by atoms with Crippen molar-refractivity contribution in [2.75, 3.05) is 5.73 Å². The van der Waals surface area contributed by atoms with Crippen LogP contribution in [0.1, 0.15) is 30.9 Å². The minimum absolute atomic E-state index is 0.0917. The highest BCUT2D eigenvalue weighted by molar-refractivity contribution is 6.33. The molecule has 1 fully saturated rings. The average Bonchev–Trinajstić information content (AvgIpc) is 2.65. The molecule has 31 heavy (non-hydrogen) atoms. The Morgan fingerprint density at radius 1 is 1.23 bits per heavy atom. The molecular weight excluding hydrogens is 432 g/mol. The van der Waals surface area contributed by atoms with Gasteiger partial charge in [-0.3, -0.25) is 14.4 Å². The fourth-order valence-corrected chi connectivity index (χ4v) is 5.26. The highest BCUT2D eigenvalue weighted by Crippen LogP contribution is 2.58. The molecule has 0 bridgehead atoms. The zero-order valence-corrected chi connectivity index (χ0v) is 16.9. The summed E-state index contributed by atoms with van der Waals surface area (Å²) in [5, 5.41) is 54.2. The molecule has 9 N–H and O–H groups in total. The summed E-state index contributed by atoms with van der Waals surface area (Å²) in [7, 11) is 0. The number of carbonyl (C=O) groups excluding carboxylic acids is 3. The van der Waals surface area contributed by atoms with E-state index < -0.39 is 75.3 Å². The van der Waals surface area contributed by atoms with Gasteiger partial charge in [-0.15, -0.1) is 0 Å². The van der Waals surface area contributed by atoms with E-state index in [1.54, 1.807) is 0 Å². The average molecular weight is 451 g/mol. The number of Topliss-reactive ketones (excluding diaryl/α,β-unsaturated/α-hetero) is 2. The summed E-state index contributed by atoms with van der Waals surface area (Å²) in [5.74, 6) is -8.34. The molecule has 1 saturated carbocycles. The number of nitrogens with two attached hydrogens (primary N) is 2. The van der Waals surface area contributed by atoms with E-state index in [0.29, 0.717) is 0 Å². The second-order valence-corrected chi connectivity index (χ2v) is 8.65. The summed E-state index contributed by atoms with van der Waals surface area (Å²) in [6.45, 7) is 1.29. The highest BCUT2D eigenvalue weighted by Gasteiger charge is 2.63. The lowest BCUT2D eigenvalue weighted by Gasteiger charge is -2.50. The number of hydrogen-bond donors (Lipinski definition) is 7. The summed E-state index contributed by atoms with van der Waals surface area (Å²) in [6.07, 6.45) is -0.753. The SMILES string of the molecule is CC1(O)c2c(N)c(Cl)cc(O)c2C(O)=C2C(=O)[C@]3(O)C(O)=C(C(N)=O)C(=O)C[C@@H]3C[C@@H]21. The van der Waals surface area contributed by atoms with Gasteiger partial charge < -0.3 is 37.0 Å². The lowest BCUT2D eigenvalue weighted by molar-refractivity contribution is -0.152. The van der Waals surface area contributed by atoms with Gasteiger partial charge in [0.25, 0.3) is 5.91 Å². The van der Waals surface area contributed by atoms with Crippen molar-refractivity contribution in [3.63, 3.8) is 0 Å². The molecule has 1 aromatic carbocycles. The molecule has 1 aromatic rings. The number of hydrogen-bond acceptors (Lipinski definition) is 9. The second-order valence-electron chi connectivity index (χ2n) is 8.25. The number of fused-ring (bicyclic) bond motifs is 3. The van der Waals surface area contributed by atoms with Gasteiger partial charge in [0.15, 0.2) is 11.4 Å². The van der Waals surface area contributed by atoms with Gasteiger partial charge in [-0.25, -0.2) is 0 Å². The topological polar surface area (TPSA) is 204 Å². The molecule has 11 heteroatoms. The summed E-state index contributed by atoms with van der Waals surface area (Å²) in [5.41, 5.74) is 4.48. The molecule has 4 atom stereocenters. The number of carbonyl (C=O) groups is 3. The number of phenols is 1. The minimum atomic E-state index is -2.72. The first-order chi connectivity index (χ1) is 14.3. The summed E-state index contributed by atoms with van der Waals surface area (Å²) in [6, 6.07) is 1.02. The van der Waals surface area contributed by atoms with Gasteiger partial charge >= 0.3 is 0 Å². The third kappa shape index (κ3) is 2.43. The molecule has 0 aromatic heterocycles. The maximum Gasteiger partial charge on any atom is 0.255 e. The van der Waals surface area contributed by atoms with E-state index in [4.69, 9.17) is 23.1 Å². The maximum atomic E-state index is 13.4. The van der Waals surface area contributed by atoms with Crippen LogP contribution >= 0.6 is 11.6 Å². The largest absolute Gasteiger partial charge is 0.508 e. The van der Waals surface area contributed by atoms with Crippen LogP contribution in [-0.2, 0) is 20.0 Å². The minimum Gasteiger partial charge on any atom is -0.508 e. The predicted molar refractivity (Wildman–Crippen MR) is 107 cm³/mol. The number of nitrogen functional groups attached to an aromatic ring is 1. The van der Waals surface area contributed by atoms with Gasteiger partial charge in [0.1, 0.15) is 22.8 Å². The number of aromatic hydroxyl groups is 1. The molecule has 10 nitrogen and oxygen atoms in total. The molecule has 0 saturated heterocycles. The van der Waals surface area contributed by atoms with E-state index in [0.717, 1.165) is 6.07 Å². The number of benzene rings is 1. The van der Waals surface area contributed by atoms with Crippen LogP contribution in [0.15, 0.2) is 23.0 Å². The monoisotopic (exact) mass is 450 g/mol. The smallest absolute Gasteiger partial charge is 0.255 e. The summed E-state index contributed by atoms with van der Waals surface area (Å²) < 4.78 is 0. The predicted octanol–water partition coefficient (Wildman–Crippen LogP) is 0.324. The summed E-state index contributed by atoms with van der Waals surface area (Å²) >= 11 is 6.02. The number of amides is 1. The zero-order chi connectivity index (χ0) is 23.2. The van der Waals surface area contributed by atoms with Gasteiger partial charge in [-0.05, 0) is 13.3 Å². The van der Waals surface area contributed by atoms with Crippen LogP contribution in [-0.4, -0.2) is 48.6 Å². The number of halogens is 1. The first-order valence-corrected chi connectivity index (χ1v) is 9.65. The van der Waals surface area contributed by atoms with E-state index >= 15 is 0 Å². The Morgan fingerprint density at radius 2 is 1.84 bits per heavy atom. The molecule has 1 unspecified atom stereocenters. The van der Waals surface area contributed by atoms with Crippen molar-refractivity contribution >= 4 is 40.5 Å². The van der Waals surface area contributed by atoms with Gasteiger partial charge in [0.05, 0.1) is 21.9 Å². The van der Waals surface area contributed by atoms with Crippen molar-refractivity contribution in [2.24, 2.45) is 17.6 Å². The number of rotatable bonds is 1. The van der Waals surface area contributed by atoms with Gasteiger partial charge in [0.2, 0.25) is 5.78 Å². The van der Waals surface area contributed by atoms with E-state index in [-0.39, 0.29) is 28.3 Å². The number of primary amides is 1. The molecule has 4 rings (SSSR count). The van der Waals surface area contributed by atoms with E-state index in [9.17, 15) is 39.9 Å². The van der Waals surface area contributed by atoms with E-state index in [1.807, 2.05) is 0 Å².